The SMILES string of the molecule is O=C(Nc1cccc2cc3cccc(NC(=O)N[C@@H]4O[C@H](CO)[C@@H](O)[C@H](O)[C@H]4O)c3cc12)N[C@@H]1O[C@H](CO)[C@@H](O)[C@H](O)[C@H]1O. The zero-order valence-corrected chi connectivity index (χ0v) is 23.0. The van der Waals surface area contributed by atoms with E-state index in [1.165, 1.54) is 0 Å². The summed E-state index contributed by atoms with van der Waals surface area (Å²) < 4.78 is 10.7. The Morgan fingerprint density at radius 1 is 0.591 bits per heavy atom. The molecule has 2 fully saturated rings. The lowest BCUT2D eigenvalue weighted by Crippen LogP contribution is -2.63. The highest BCUT2D eigenvalue weighted by Crippen LogP contribution is 2.32. The second-order valence-electron chi connectivity index (χ2n) is 10.6. The van der Waals surface area contributed by atoms with Gasteiger partial charge >= 0.3 is 12.1 Å². The van der Waals surface area contributed by atoms with E-state index in [1.807, 2.05) is 6.07 Å². The minimum Gasteiger partial charge on any atom is -0.394 e. The average Bonchev–Trinajstić information content (AvgIpc) is 3.01. The molecule has 2 aliphatic rings. The van der Waals surface area contributed by atoms with Crippen molar-refractivity contribution in [1.82, 2.24) is 10.6 Å². The van der Waals surface area contributed by atoms with Crippen molar-refractivity contribution in [2.75, 3.05) is 23.8 Å². The smallest absolute Gasteiger partial charge is 0.321 e. The molecular weight excluding hydrogens is 584 g/mol. The monoisotopic (exact) mass is 618 g/mol. The minimum atomic E-state index is -1.67. The van der Waals surface area contributed by atoms with Gasteiger partial charge in [-0.3, -0.25) is 0 Å². The van der Waals surface area contributed by atoms with Crippen molar-refractivity contribution in [2.45, 2.75) is 61.3 Å². The number of nitrogens with one attached hydrogen (secondary N) is 4. The van der Waals surface area contributed by atoms with Gasteiger partial charge in [0.1, 0.15) is 48.8 Å². The van der Waals surface area contributed by atoms with Crippen LogP contribution in [0, 0.1) is 0 Å². The van der Waals surface area contributed by atoms with Crippen LogP contribution in [0.15, 0.2) is 48.5 Å². The van der Waals surface area contributed by atoms with Crippen molar-refractivity contribution < 1.29 is 59.9 Å². The third-order valence-electron chi connectivity index (χ3n) is 7.71. The second kappa shape index (κ2) is 13.1. The minimum absolute atomic E-state index is 0.340. The highest BCUT2D eigenvalue weighted by molar-refractivity contribution is 6.11. The largest absolute Gasteiger partial charge is 0.394 e. The van der Waals surface area contributed by atoms with E-state index in [0.29, 0.717) is 22.1 Å². The highest BCUT2D eigenvalue weighted by Gasteiger charge is 2.45. The topological polar surface area (TPSA) is 263 Å². The number of aliphatic hydroxyl groups excluding tert-OH is 8. The molecule has 0 aliphatic carbocycles. The number of amides is 4. The normalized spacial score (nSPS) is 32.3. The molecule has 238 valence electrons. The molecule has 0 unspecified atom stereocenters. The maximum Gasteiger partial charge on any atom is 0.321 e. The van der Waals surface area contributed by atoms with Crippen molar-refractivity contribution in [3.05, 3.63) is 48.5 Å². The van der Waals surface area contributed by atoms with Gasteiger partial charge in [-0.25, -0.2) is 9.59 Å². The molecule has 2 saturated heterocycles. The van der Waals surface area contributed by atoms with Crippen molar-refractivity contribution in [1.29, 1.82) is 0 Å². The molecule has 4 amide bonds. The Morgan fingerprint density at radius 3 is 1.39 bits per heavy atom. The van der Waals surface area contributed by atoms with Crippen LogP contribution in [0.3, 0.4) is 0 Å². The Labute approximate surface area is 249 Å². The molecule has 2 heterocycles. The van der Waals surface area contributed by atoms with Gasteiger partial charge < -0.3 is 71.6 Å². The summed E-state index contributed by atoms with van der Waals surface area (Å²) in [5.74, 6) is 0. The van der Waals surface area contributed by atoms with Crippen LogP contribution in [0.2, 0.25) is 0 Å². The first-order valence-electron chi connectivity index (χ1n) is 13.7. The Morgan fingerprint density at radius 2 is 1.00 bits per heavy atom. The van der Waals surface area contributed by atoms with E-state index in [1.54, 1.807) is 42.5 Å². The van der Waals surface area contributed by atoms with Crippen molar-refractivity contribution in [2.24, 2.45) is 0 Å². The summed E-state index contributed by atoms with van der Waals surface area (Å²) in [7, 11) is 0. The van der Waals surface area contributed by atoms with Gasteiger partial charge in [-0.05, 0) is 35.0 Å². The van der Waals surface area contributed by atoms with E-state index in [4.69, 9.17) is 9.47 Å². The standard InChI is InChI=1S/C28H34N4O12/c33-9-17-19(35)21(37)23(39)25(43-17)31-27(41)29-15-5-1-3-11-7-12-4-2-6-16(14(12)8-13(11)15)30-28(42)32-26-24(40)22(38)20(36)18(10-34)44-26/h1-8,17-26,33-40H,9-10H2,(H2,29,31,41)(H2,30,32,42)/t17-,18-,19-,20-,21+,22+,23-,24-,25-,26-/m1/s1. The van der Waals surface area contributed by atoms with Gasteiger partial charge in [0.05, 0.1) is 24.6 Å². The van der Waals surface area contributed by atoms with E-state index in [-0.39, 0.29) is 0 Å². The summed E-state index contributed by atoms with van der Waals surface area (Å²) in [6.45, 7) is -1.31. The van der Waals surface area contributed by atoms with Gasteiger partial charge in [-0.15, -0.1) is 0 Å². The molecule has 3 aromatic rings. The molecule has 5 rings (SSSR count). The van der Waals surface area contributed by atoms with Gasteiger partial charge in [-0.2, -0.15) is 0 Å². The number of hydrogen-bond donors (Lipinski definition) is 12. The lowest BCUT2D eigenvalue weighted by Gasteiger charge is -2.40. The maximum atomic E-state index is 12.9. The summed E-state index contributed by atoms with van der Waals surface area (Å²) in [4.78, 5) is 25.7. The number of urea groups is 2. The Balaban J connectivity index is 1.35. The lowest BCUT2D eigenvalue weighted by molar-refractivity contribution is -0.233. The van der Waals surface area contributed by atoms with Crippen LogP contribution in [0.5, 0.6) is 0 Å². The van der Waals surface area contributed by atoms with Crippen LogP contribution in [0.4, 0.5) is 21.0 Å². The zero-order chi connectivity index (χ0) is 31.7. The molecule has 16 nitrogen and oxygen atoms in total. The fourth-order valence-corrected chi connectivity index (χ4v) is 5.29. The first-order valence-corrected chi connectivity index (χ1v) is 13.7. The summed E-state index contributed by atoms with van der Waals surface area (Å²) in [5, 5.41) is 91.8. The van der Waals surface area contributed by atoms with E-state index in [0.717, 1.165) is 10.8 Å². The molecule has 0 spiro atoms. The Hall–Kier alpha value is -3.68. The van der Waals surface area contributed by atoms with Crippen LogP contribution in [-0.2, 0) is 9.47 Å². The molecule has 0 radical (unpaired) electrons. The molecule has 44 heavy (non-hydrogen) atoms. The van der Waals surface area contributed by atoms with E-state index in [9.17, 15) is 50.4 Å². The Kier molecular flexibility index (Phi) is 9.47. The summed E-state index contributed by atoms with van der Waals surface area (Å²) >= 11 is 0. The van der Waals surface area contributed by atoms with Crippen molar-refractivity contribution in [3.8, 4) is 0 Å². The van der Waals surface area contributed by atoms with Gasteiger partial charge in [-0.1, -0.05) is 24.3 Å². The summed E-state index contributed by atoms with van der Waals surface area (Å²) in [6.07, 6.45) is -15.1. The highest BCUT2D eigenvalue weighted by atomic mass is 16.6. The first kappa shape index (κ1) is 31.7. The van der Waals surface area contributed by atoms with Gasteiger partial charge in [0, 0.05) is 10.8 Å². The van der Waals surface area contributed by atoms with E-state index < -0.39 is 86.6 Å². The lowest BCUT2D eigenvalue weighted by atomic mass is 9.98. The number of ether oxygens (including phenoxy) is 2. The molecule has 2 aliphatic heterocycles. The summed E-state index contributed by atoms with van der Waals surface area (Å²) in [5.41, 5.74) is 0.680. The number of carbonyl (C=O) groups is 2. The van der Waals surface area contributed by atoms with Gasteiger partial charge in [0.25, 0.3) is 0 Å². The van der Waals surface area contributed by atoms with Crippen LogP contribution in [-0.4, -0.2) is 127 Å². The molecule has 0 saturated carbocycles. The first-order chi connectivity index (χ1) is 21.0. The van der Waals surface area contributed by atoms with Gasteiger partial charge in [0.2, 0.25) is 0 Å². The third kappa shape index (κ3) is 6.26. The number of benzene rings is 3. The predicted octanol–water partition coefficient (Wildman–Crippen LogP) is -2.16. The van der Waals surface area contributed by atoms with Gasteiger partial charge in [0.15, 0.2) is 12.5 Å². The molecule has 12 N–H and O–H groups in total. The van der Waals surface area contributed by atoms with Crippen LogP contribution >= 0.6 is 0 Å². The Bertz CT molecular complexity index is 1400. The quantitative estimate of drug-likeness (QED) is 0.132. The molecule has 0 aromatic heterocycles. The molecule has 10 atom stereocenters. The summed E-state index contributed by atoms with van der Waals surface area (Å²) in [6, 6.07) is 12.2. The van der Waals surface area contributed by atoms with Crippen LogP contribution in [0.1, 0.15) is 0 Å². The number of anilines is 2. The zero-order valence-electron chi connectivity index (χ0n) is 23.0. The van der Waals surface area contributed by atoms with Crippen molar-refractivity contribution >= 4 is 45.0 Å². The second-order valence-corrected chi connectivity index (χ2v) is 10.6. The fourth-order valence-electron chi connectivity index (χ4n) is 5.29. The third-order valence-corrected chi connectivity index (χ3v) is 7.71. The number of rotatable bonds is 6. The number of fused-ring (bicyclic) bond motifs is 2. The van der Waals surface area contributed by atoms with E-state index in [2.05, 4.69) is 21.3 Å². The van der Waals surface area contributed by atoms with E-state index >= 15 is 0 Å². The number of carbonyl (C=O) groups excluding carboxylic acids is 2. The number of aliphatic hydroxyl groups is 8. The fraction of sp³-hybridized carbons (Fsp3) is 0.429. The van der Waals surface area contributed by atoms with Crippen LogP contribution < -0.4 is 21.3 Å². The van der Waals surface area contributed by atoms with Crippen molar-refractivity contribution in [3.63, 3.8) is 0 Å². The maximum absolute atomic E-state index is 12.9. The molecule has 16 heteroatoms. The molecule has 0 bridgehead atoms. The number of hydrogen-bond acceptors (Lipinski definition) is 12. The average molecular weight is 619 g/mol. The molecule has 3 aromatic carbocycles. The van der Waals surface area contributed by atoms with Crippen LogP contribution in [0.25, 0.3) is 21.5 Å². The molecular formula is C28H34N4O12. The predicted molar refractivity (Wildman–Crippen MR) is 153 cm³/mol.